The highest BCUT2D eigenvalue weighted by atomic mass is 16.6. The predicted molar refractivity (Wildman–Crippen MR) is 51.1 cm³/mol. The lowest BCUT2D eigenvalue weighted by atomic mass is 10.1. The summed E-state index contributed by atoms with van der Waals surface area (Å²) in [5.74, 6) is -0.703. The molecular weight excluding hydrogens is 200 g/mol. The highest BCUT2D eigenvalue weighted by Crippen LogP contribution is 2.23. The molecule has 0 saturated carbocycles. The van der Waals surface area contributed by atoms with E-state index in [0.717, 1.165) is 0 Å². The van der Waals surface area contributed by atoms with Gasteiger partial charge in [-0.15, -0.1) is 0 Å². The third-order valence-corrected chi connectivity index (χ3v) is 2.15. The summed E-state index contributed by atoms with van der Waals surface area (Å²) >= 11 is 0. The first-order valence-electron chi connectivity index (χ1n) is 4.95. The number of carbonyl (C=O) groups is 2. The van der Waals surface area contributed by atoms with Crippen molar-refractivity contribution in [2.75, 3.05) is 6.61 Å². The van der Waals surface area contributed by atoms with Gasteiger partial charge in [-0.2, -0.15) is 0 Å². The number of hydrogen-bond acceptors (Lipinski definition) is 5. The van der Waals surface area contributed by atoms with E-state index >= 15 is 0 Å². The summed E-state index contributed by atoms with van der Waals surface area (Å²) < 4.78 is 15.4. The van der Waals surface area contributed by atoms with Crippen LogP contribution in [0, 0.1) is 0 Å². The molecule has 0 bridgehead atoms. The van der Waals surface area contributed by atoms with Crippen LogP contribution in [0.25, 0.3) is 0 Å². The van der Waals surface area contributed by atoms with Crippen LogP contribution >= 0.6 is 0 Å². The van der Waals surface area contributed by atoms with Crippen molar-refractivity contribution in [1.82, 2.24) is 0 Å². The van der Waals surface area contributed by atoms with Crippen LogP contribution in [0.15, 0.2) is 0 Å². The Morgan fingerprint density at radius 1 is 1.33 bits per heavy atom. The summed E-state index contributed by atoms with van der Waals surface area (Å²) in [4.78, 5) is 21.4. The van der Waals surface area contributed by atoms with Crippen LogP contribution < -0.4 is 0 Å². The lowest BCUT2D eigenvalue weighted by Gasteiger charge is -2.17. The van der Waals surface area contributed by atoms with Crippen LogP contribution in [0.5, 0.6) is 0 Å². The maximum Gasteiger partial charge on any atom is 0.302 e. The zero-order valence-electron chi connectivity index (χ0n) is 9.19. The second-order valence-electron chi connectivity index (χ2n) is 3.67. The van der Waals surface area contributed by atoms with E-state index in [0.29, 0.717) is 6.42 Å². The fourth-order valence-electron chi connectivity index (χ4n) is 1.60. The van der Waals surface area contributed by atoms with Crippen molar-refractivity contribution in [3.63, 3.8) is 0 Å². The molecule has 1 unspecified atom stereocenters. The Morgan fingerprint density at radius 2 is 2.00 bits per heavy atom. The SMILES string of the molecule is CC(=O)OC[C@H]1O[C@@H](C)CC1OC(C)=O. The summed E-state index contributed by atoms with van der Waals surface area (Å²) in [7, 11) is 0. The van der Waals surface area contributed by atoms with Gasteiger partial charge in [-0.1, -0.05) is 0 Å². The zero-order chi connectivity index (χ0) is 11.4. The van der Waals surface area contributed by atoms with Crippen molar-refractivity contribution in [3.8, 4) is 0 Å². The number of hydrogen-bond donors (Lipinski definition) is 0. The van der Waals surface area contributed by atoms with Gasteiger partial charge < -0.3 is 14.2 Å². The fraction of sp³-hybridized carbons (Fsp3) is 0.800. The smallest absolute Gasteiger partial charge is 0.302 e. The third kappa shape index (κ3) is 3.87. The van der Waals surface area contributed by atoms with Crippen LogP contribution in [0.3, 0.4) is 0 Å². The largest absolute Gasteiger partial charge is 0.463 e. The predicted octanol–water partition coefficient (Wildman–Crippen LogP) is 0.659. The number of ether oxygens (including phenoxy) is 3. The van der Waals surface area contributed by atoms with Crippen molar-refractivity contribution in [2.45, 2.75) is 45.5 Å². The first-order valence-corrected chi connectivity index (χ1v) is 4.95. The van der Waals surface area contributed by atoms with Crippen LogP contribution in [0.4, 0.5) is 0 Å². The summed E-state index contributed by atoms with van der Waals surface area (Å²) in [6, 6.07) is 0. The average molecular weight is 216 g/mol. The van der Waals surface area contributed by atoms with Crippen LogP contribution in [-0.2, 0) is 23.8 Å². The van der Waals surface area contributed by atoms with E-state index in [2.05, 4.69) is 0 Å². The number of rotatable bonds is 3. The molecule has 1 saturated heterocycles. The van der Waals surface area contributed by atoms with Gasteiger partial charge in [0.1, 0.15) is 18.8 Å². The van der Waals surface area contributed by atoms with E-state index in [1.165, 1.54) is 13.8 Å². The molecular formula is C10H16O5. The molecule has 5 heteroatoms. The van der Waals surface area contributed by atoms with Gasteiger partial charge in [-0.3, -0.25) is 9.59 Å². The van der Waals surface area contributed by atoms with Gasteiger partial charge in [0.2, 0.25) is 0 Å². The minimum absolute atomic E-state index is 0.0231. The van der Waals surface area contributed by atoms with Gasteiger partial charge >= 0.3 is 11.9 Å². The molecule has 0 aliphatic carbocycles. The first kappa shape index (κ1) is 12.0. The summed E-state index contributed by atoms with van der Waals surface area (Å²) in [5, 5.41) is 0. The molecule has 0 spiro atoms. The lowest BCUT2D eigenvalue weighted by molar-refractivity contribution is -0.154. The number of carbonyl (C=O) groups excluding carboxylic acids is 2. The van der Waals surface area contributed by atoms with Gasteiger partial charge in [0, 0.05) is 20.3 Å². The molecule has 0 amide bonds. The second kappa shape index (κ2) is 5.11. The maximum absolute atomic E-state index is 10.8. The van der Waals surface area contributed by atoms with Gasteiger partial charge in [0.05, 0.1) is 6.10 Å². The average Bonchev–Trinajstić information content (AvgIpc) is 2.41. The molecule has 86 valence electrons. The van der Waals surface area contributed by atoms with E-state index < -0.39 is 0 Å². The molecule has 1 aliphatic rings. The quantitative estimate of drug-likeness (QED) is 0.648. The minimum atomic E-state index is -0.361. The van der Waals surface area contributed by atoms with Crippen molar-refractivity contribution >= 4 is 11.9 Å². The van der Waals surface area contributed by atoms with E-state index in [4.69, 9.17) is 14.2 Å². The number of esters is 2. The van der Waals surface area contributed by atoms with Gasteiger partial charge in [-0.05, 0) is 6.92 Å². The van der Waals surface area contributed by atoms with E-state index in [-0.39, 0.29) is 36.9 Å². The lowest BCUT2D eigenvalue weighted by Crippen LogP contribution is -2.31. The van der Waals surface area contributed by atoms with Crippen LogP contribution in [0.2, 0.25) is 0 Å². The van der Waals surface area contributed by atoms with Crippen molar-refractivity contribution in [3.05, 3.63) is 0 Å². The Balaban J connectivity index is 2.45. The molecule has 1 fully saturated rings. The third-order valence-electron chi connectivity index (χ3n) is 2.15. The summed E-state index contributed by atoms with van der Waals surface area (Å²) in [5.41, 5.74) is 0. The van der Waals surface area contributed by atoms with Crippen molar-refractivity contribution in [2.24, 2.45) is 0 Å². The zero-order valence-corrected chi connectivity index (χ0v) is 9.19. The molecule has 0 aromatic carbocycles. The second-order valence-corrected chi connectivity index (χ2v) is 3.67. The van der Waals surface area contributed by atoms with Gasteiger partial charge in [0.25, 0.3) is 0 Å². The Labute approximate surface area is 88.7 Å². The molecule has 0 aromatic rings. The highest BCUT2D eigenvalue weighted by molar-refractivity contribution is 5.66. The Bertz CT molecular complexity index is 250. The van der Waals surface area contributed by atoms with Crippen molar-refractivity contribution < 1.29 is 23.8 Å². The molecule has 1 rings (SSSR count). The summed E-state index contributed by atoms with van der Waals surface area (Å²) in [6.45, 7) is 4.72. The normalized spacial score (nSPS) is 29.9. The van der Waals surface area contributed by atoms with Gasteiger partial charge in [-0.25, -0.2) is 0 Å². The highest BCUT2D eigenvalue weighted by Gasteiger charge is 2.35. The topological polar surface area (TPSA) is 61.8 Å². The van der Waals surface area contributed by atoms with E-state index in [9.17, 15) is 9.59 Å². The Kier molecular flexibility index (Phi) is 4.08. The fourth-order valence-corrected chi connectivity index (χ4v) is 1.60. The standard InChI is InChI=1S/C10H16O5/c1-6-4-9(15-8(3)12)10(14-6)5-13-7(2)11/h6,9-10H,4-5H2,1-3H3/t6-,9?,10+/m0/s1. The Hall–Kier alpha value is -1.10. The molecule has 3 atom stereocenters. The van der Waals surface area contributed by atoms with Crippen LogP contribution in [-0.4, -0.2) is 36.9 Å². The van der Waals surface area contributed by atoms with Crippen LogP contribution in [0.1, 0.15) is 27.2 Å². The minimum Gasteiger partial charge on any atom is -0.463 e. The molecule has 5 nitrogen and oxygen atoms in total. The molecule has 1 heterocycles. The maximum atomic E-state index is 10.8. The molecule has 0 radical (unpaired) electrons. The van der Waals surface area contributed by atoms with E-state index in [1.807, 2.05) is 6.92 Å². The summed E-state index contributed by atoms with van der Waals surface area (Å²) in [6.07, 6.45) is 0.0189. The molecule has 0 N–H and O–H groups in total. The monoisotopic (exact) mass is 216 g/mol. The van der Waals surface area contributed by atoms with Crippen molar-refractivity contribution in [1.29, 1.82) is 0 Å². The molecule has 15 heavy (non-hydrogen) atoms. The van der Waals surface area contributed by atoms with Gasteiger partial charge in [0.15, 0.2) is 0 Å². The molecule has 0 aromatic heterocycles. The first-order chi connectivity index (χ1) is 6.99. The molecule has 1 aliphatic heterocycles. The Morgan fingerprint density at radius 3 is 2.53 bits per heavy atom. The van der Waals surface area contributed by atoms with E-state index in [1.54, 1.807) is 0 Å².